The van der Waals surface area contributed by atoms with Gasteiger partial charge in [0.15, 0.2) is 5.79 Å². The van der Waals surface area contributed by atoms with Crippen molar-refractivity contribution >= 4 is 0 Å². The molecule has 0 aromatic heterocycles. The average molecular weight is 171 g/mol. The van der Waals surface area contributed by atoms with E-state index in [1.54, 1.807) is 0 Å². The lowest BCUT2D eigenvalue weighted by molar-refractivity contribution is -0.227. The standard InChI is InChI=1S/C9H17NO2/c1-7-5-8-6-10(2)4-3-9(8,11)12-7/h7-8,11H,3-6H2,1-2H3. The summed E-state index contributed by atoms with van der Waals surface area (Å²) in [5, 5.41) is 10.1. The van der Waals surface area contributed by atoms with E-state index in [2.05, 4.69) is 11.9 Å². The predicted octanol–water partition coefficient (Wildman–Crippen LogP) is 0.435. The largest absolute Gasteiger partial charge is 0.365 e. The molecular weight excluding hydrogens is 154 g/mol. The Labute approximate surface area is 73.3 Å². The van der Waals surface area contributed by atoms with E-state index in [1.165, 1.54) is 0 Å². The van der Waals surface area contributed by atoms with E-state index in [-0.39, 0.29) is 6.10 Å². The molecule has 0 radical (unpaired) electrons. The lowest BCUT2D eigenvalue weighted by atomic mass is 9.90. The molecule has 2 fully saturated rings. The molecular formula is C9H17NO2. The van der Waals surface area contributed by atoms with Crippen LogP contribution < -0.4 is 0 Å². The Hall–Kier alpha value is -0.120. The molecule has 0 aromatic carbocycles. The van der Waals surface area contributed by atoms with E-state index in [9.17, 15) is 5.11 Å². The first kappa shape index (κ1) is 8.48. The molecule has 3 atom stereocenters. The lowest BCUT2D eigenvalue weighted by Gasteiger charge is -2.37. The Morgan fingerprint density at radius 1 is 1.58 bits per heavy atom. The van der Waals surface area contributed by atoms with Crippen molar-refractivity contribution in [2.24, 2.45) is 5.92 Å². The van der Waals surface area contributed by atoms with Gasteiger partial charge in [-0.3, -0.25) is 0 Å². The van der Waals surface area contributed by atoms with Crippen LogP contribution in [0.25, 0.3) is 0 Å². The fourth-order valence-corrected chi connectivity index (χ4v) is 2.38. The maximum atomic E-state index is 10.1. The first-order chi connectivity index (χ1) is 5.60. The van der Waals surface area contributed by atoms with Gasteiger partial charge >= 0.3 is 0 Å². The minimum Gasteiger partial charge on any atom is -0.365 e. The third-order valence-corrected chi connectivity index (χ3v) is 3.04. The maximum Gasteiger partial charge on any atom is 0.171 e. The van der Waals surface area contributed by atoms with Crippen LogP contribution in [0.2, 0.25) is 0 Å². The Morgan fingerprint density at radius 3 is 3.08 bits per heavy atom. The molecule has 1 N–H and O–H groups in total. The summed E-state index contributed by atoms with van der Waals surface area (Å²) < 4.78 is 5.53. The number of fused-ring (bicyclic) bond motifs is 1. The van der Waals surface area contributed by atoms with Crippen LogP contribution in [0.4, 0.5) is 0 Å². The highest BCUT2D eigenvalue weighted by Gasteiger charge is 2.48. The van der Waals surface area contributed by atoms with Crippen molar-refractivity contribution in [3.05, 3.63) is 0 Å². The summed E-state index contributed by atoms with van der Waals surface area (Å²) in [6.45, 7) is 3.96. The van der Waals surface area contributed by atoms with Gasteiger partial charge in [-0.2, -0.15) is 0 Å². The number of ether oxygens (including phenoxy) is 1. The molecule has 3 unspecified atom stereocenters. The van der Waals surface area contributed by atoms with Gasteiger partial charge in [-0.15, -0.1) is 0 Å². The molecule has 3 heteroatoms. The van der Waals surface area contributed by atoms with Crippen molar-refractivity contribution < 1.29 is 9.84 Å². The van der Waals surface area contributed by atoms with Gasteiger partial charge in [0.25, 0.3) is 0 Å². The molecule has 0 saturated carbocycles. The molecule has 2 heterocycles. The smallest absolute Gasteiger partial charge is 0.171 e. The number of piperidine rings is 1. The summed E-state index contributed by atoms with van der Waals surface area (Å²) in [7, 11) is 2.10. The Balaban J connectivity index is 2.10. The van der Waals surface area contributed by atoms with Crippen molar-refractivity contribution in [3.8, 4) is 0 Å². The molecule has 0 aromatic rings. The number of rotatable bonds is 0. The normalized spacial score (nSPS) is 49.2. The molecule has 0 spiro atoms. The minimum atomic E-state index is -0.800. The number of aliphatic hydroxyl groups is 1. The number of likely N-dealkylation sites (tertiary alicyclic amines) is 1. The topological polar surface area (TPSA) is 32.7 Å². The zero-order valence-electron chi connectivity index (χ0n) is 7.79. The lowest BCUT2D eigenvalue weighted by Crippen LogP contribution is -2.48. The van der Waals surface area contributed by atoms with Crippen LogP contribution >= 0.6 is 0 Å². The third-order valence-electron chi connectivity index (χ3n) is 3.04. The Bertz CT molecular complexity index is 185. The van der Waals surface area contributed by atoms with Gasteiger partial charge < -0.3 is 14.7 Å². The van der Waals surface area contributed by atoms with Gasteiger partial charge in [-0.25, -0.2) is 0 Å². The molecule has 2 rings (SSSR count). The summed E-state index contributed by atoms with van der Waals surface area (Å²) in [5.41, 5.74) is 0. The van der Waals surface area contributed by atoms with Gasteiger partial charge in [0.1, 0.15) is 0 Å². The van der Waals surface area contributed by atoms with Crippen LogP contribution in [0.15, 0.2) is 0 Å². The average Bonchev–Trinajstić information content (AvgIpc) is 2.24. The van der Waals surface area contributed by atoms with Gasteiger partial charge in [0.05, 0.1) is 6.10 Å². The molecule has 0 amide bonds. The summed E-state index contributed by atoms with van der Waals surface area (Å²) in [6.07, 6.45) is 1.99. The monoisotopic (exact) mass is 171 g/mol. The van der Waals surface area contributed by atoms with E-state index in [0.717, 1.165) is 25.9 Å². The molecule has 2 saturated heterocycles. The fraction of sp³-hybridized carbons (Fsp3) is 1.00. The highest BCUT2D eigenvalue weighted by atomic mass is 16.6. The van der Waals surface area contributed by atoms with Crippen molar-refractivity contribution in [2.45, 2.75) is 31.7 Å². The fourth-order valence-electron chi connectivity index (χ4n) is 2.38. The summed E-state index contributed by atoms with van der Waals surface area (Å²) >= 11 is 0. The van der Waals surface area contributed by atoms with E-state index in [4.69, 9.17) is 4.74 Å². The summed E-state index contributed by atoms with van der Waals surface area (Å²) in [5.74, 6) is -0.474. The quantitative estimate of drug-likeness (QED) is 0.574. The van der Waals surface area contributed by atoms with E-state index < -0.39 is 5.79 Å². The zero-order chi connectivity index (χ0) is 8.77. The molecule has 70 valence electrons. The molecule has 2 aliphatic heterocycles. The summed E-state index contributed by atoms with van der Waals surface area (Å²) in [4.78, 5) is 2.26. The molecule has 0 bridgehead atoms. The van der Waals surface area contributed by atoms with Gasteiger partial charge in [-0.1, -0.05) is 0 Å². The second-order valence-corrected chi connectivity index (χ2v) is 4.22. The van der Waals surface area contributed by atoms with Crippen molar-refractivity contribution in [1.82, 2.24) is 4.90 Å². The number of nitrogens with zero attached hydrogens (tertiary/aromatic N) is 1. The van der Waals surface area contributed by atoms with E-state index in [0.29, 0.717) is 5.92 Å². The Kier molecular flexibility index (Phi) is 1.90. The zero-order valence-corrected chi connectivity index (χ0v) is 7.79. The first-order valence-electron chi connectivity index (χ1n) is 4.69. The van der Waals surface area contributed by atoms with E-state index >= 15 is 0 Å². The SMILES string of the molecule is CC1CC2CN(C)CCC2(O)O1. The molecule has 0 aliphatic carbocycles. The highest BCUT2D eigenvalue weighted by molar-refractivity contribution is 4.91. The minimum absolute atomic E-state index is 0.228. The van der Waals surface area contributed by atoms with Crippen molar-refractivity contribution in [1.29, 1.82) is 0 Å². The predicted molar refractivity (Wildman–Crippen MR) is 45.7 cm³/mol. The van der Waals surface area contributed by atoms with Gasteiger partial charge in [0.2, 0.25) is 0 Å². The van der Waals surface area contributed by atoms with Crippen LogP contribution in [0.3, 0.4) is 0 Å². The number of hydrogen-bond acceptors (Lipinski definition) is 3. The van der Waals surface area contributed by atoms with Crippen LogP contribution in [-0.4, -0.2) is 42.0 Å². The van der Waals surface area contributed by atoms with Crippen LogP contribution in [0, 0.1) is 5.92 Å². The van der Waals surface area contributed by atoms with Crippen LogP contribution in [0.5, 0.6) is 0 Å². The third kappa shape index (κ3) is 1.26. The van der Waals surface area contributed by atoms with Crippen molar-refractivity contribution in [3.63, 3.8) is 0 Å². The molecule has 12 heavy (non-hydrogen) atoms. The number of hydrogen-bond donors (Lipinski definition) is 1. The first-order valence-corrected chi connectivity index (χ1v) is 4.69. The van der Waals surface area contributed by atoms with Crippen LogP contribution in [0.1, 0.15) is 19.8 Å². The molecule has 2 aliphatic rings. The Morgan fingerprint density at radius 2 is 2.33 bits per heavy atom. The highest BCUT2D eigenvalue weighted by Crippen LogP contribution is 2.39. The van der Waals surface area contributed by atoms with Gasteiger partial charge in [0, 0.05) is 25.4 Å². The maximum absolute atomic E-state index is 10.1. The second-order valence-electron chi connectivity index (χ2n) is 4.22. The second kappa shape index (κ2) is 2.69. The summed E-state index contributed by atoms with van der Waals surface area (Å²) in [6, 6.07) is 0. The van der Waals surface area contributed by atoms with Crippen molar-refractivity contribution in [2.75, 3.05) is 20.1 Å². The van der Waals surface area contributed by atoms with E-state index in [1.807, 2.05) is 6.92 Å². The van der Waals surface area contributed by atoms with Crippen LogP contribution in [-0.2, 0) is 4.74 Å². The van der Waals surface area contributed by atoms with Gasteiger partial charge in [-0.05, 0) is 20.4 Å². The molecule has 3 nitrogen and oxygen atoms in total.